The molecule has 178 valence electrons. The van der Waals surface area contributed by atoms with Crippen LogP contribution in [0.4, 0.5) is 0 Å². The molecule has 5 aromatic carbocycles. The van der Waals surface area contributed by atoms with Gasteiger partial charge in [-0.3, -0.25) is 0 Å². The maximum absolute atomic E-state index is 9.66. The molecule has 0 spiro atoms. The minimum absolute atomic E-state index is 0.0851. The van der Waals surface area contributed by atoms with Gasteiger partial charge >= 0.3 is 0 Å². The van der Waals surface area contributed by atoms with Crippen LogP contribution in [0.3, 0.4) is 0 Å². The topological polar surface area (TPSA) is 40.5 Å². The van der Waals surface area contributed by atoms with Crippen LogP contribution in [0, 0.1) is 23.7 Å². The average molecular weight is 487 g/mol. The summed E-state index contributed by atoms with van der Waals surface area (Å²) in [5.41, 5.74) is 11.5. The molecule has 0 aromatic heterocycles. The fourth-order valence-electron chi connectivity index (χ4n) is 5.88. The molecule has 3 aliphatic carbocycles. The van der Waals surface area contributed by atoms with Crippen molar-refractivity contribution in [2.24, 2.45) is 0 Å². The highest BCUT2D eigenvalue weighted by molar-refractivity contribution is 5.74. The van der Waals surface area contributed by atoms with Gasteiger partial charge in [-0.05, 0) is 94.0 Å². The van der Waals surface area contributed by atoms with Gasteiger partial charge in [0.2, 0.25) is 0 Å². The van der Waals surface area contributed by atoms with Crippen molar-refractivity contribution in [3.05, 3.63) is 165 Å². The van der Waals surface area contributed by atoms with Crippen molar-refractivity contribution in [2.45, 2.75) is 11.8 Å². The minimum Gasteiger partial charge on any atom is -0.508 e. The van der Waals surface area contributed by atoms with Crippen molar-refractivity contribution in [3.63, 3.8) is 0 Å². The van der Waals surface area contributed by atoms with E-state index in [4.69, 9.17) is 0 Å². The van der Waals surface area contributed by atoms with Crippen LogP contribution in [-0.4, -0.2) is 10.2 Å². The molecule has 0 unspecified atom stereocenters. The molecule has 0 aliphatic heterocycles. The monoisotopic (exact) mass is 486 g/mol. The summed E-state index contributed by atoms with van der Waals surface area (Å²) in [7, 11) is 0. The Morgan fingerprint density at radius 3 is 1.08 bits per heavy atom. The summed E-state index contributed by atoms with van der Waals surface area (Å²) < 4.78 is 0. The second-order valence-electron chi connectivity index (χ2n) is 9.71. The minimum atomic E-state index is 0.0851. The molecule has 2 N–H and O–H groups in total. The zero-order valence-corrected chi connectivity index (χ0v) is 20.4. The Bertz CT molecular complexity index is 1650. The number of hydrogen-bond donors (Lipinski definition) is 2. The number of benzene rings is 5. The Balaban J connectivity index is 1.46. The lowest BCUT2D eigenvalue weighted by Crippen LogP contribution is -2.29. The van der Waals surface area contributed by atoms with Crippen molar-refractivity contribution in [1.29, 1.82) is 0 Å². The predicted octanol–water partition coefficient (Wildman–Crippen LogP) is 6.88. The Hall–Kier alpha value is -5.18. The van der Waals surface area contributed by atoms with Gasteiger partial charge in [0.15, 0.2) is 0 Å². The maximum Gasteiger partial charge on any atom is 0.115 e. The number of phenols is 2. The quantitative estimate of drug-likeness (QED) is 0.229. The van der Waals surface area contributed by atoms with E-state index >= 15 is 0 Å². The highest BCUT2D eigenvalue weighted by atomic mass is 16.3. The third kappa shape index (κ3) is 3.55. The first-order valence-electron chi connectivity index (χ1n) is 12.6. The van der Waals surface area contributed by atoms with Gasteiger partial charge in [-0.15, -0.1) is 0 Å². The molecule has 2 bridgehead atoms. The zero-order valence-electron chi connectivity index (χ0n) is 20.4. The van der Waals surface area contributed by atoms with E-state index in [2.05, 4.69) is 84.3 Å². The molecule has 38 heavy (non-hydrogen) atoms. The standard InChI is InChI=1S/C36H22O2/c37-27-19-11-23(12-20-27)9-15-25-17-18-26(16-10-24-13-21-28(38)22-14-24)34-33(25)35-29-5-1-2-6-30(29)36(34)32-8-4-3-7-31(32)35/h1-8,11-14,17-22,35-38H. The SMILES string of the molecule is Oc1ccc(C#Cc2ccc(C#Cc3ccc(O)cc3)c3c2C2c4ccccc4C3c3ccccc32)cc1. The fraction of sp³-hybridized carbons (Fsp3) is 0.0556. The number of aromatic hydroxyl groups is 2. The Kier molecular flexibility index (Phi) is 5.07. The predicted molar refractivity (Wildman–Crippen MR) is 149 cm³/mol. The molecule has 2 heteroatoms. The summed E-state index contributed by atoms with van der Waals surface area (Å²) in [6.45, 7) is 0. The number of rotatable bonds is 0. The first-order chi connectivity index (χ1) is 18.7. The highest BCUT2D eigenvalue weighted by Gasteiger charge is 2.43. The molecule has 5 aromatic rings. The largest absolute Gasteiger partial charge is 0.508 e. The van der Waals surface area contributed by atoms with E-state index in [0.29, 0.717) is 0 Å². The smallest absolute Gasteiger partial charge is 0.115 e. The van der Waals surface area contributed by atoms with Gasteiger partial charge in [0.1, 0.15) is 11.5 Å². The average Bonchev–Trinajstić information content (AvgIpc) is 2.96. The van der Waals surface area contributed by atoms with Gasteiger partial charge in [0, 0.05) is 34.1 Å². The van der Waals surface area contributed by atoms with Crippen molar-refractivity contribution in [1.82, 2.24) is 0 Å². The third-order valence-electron chi connectivity index (χ3n) is 7.52. The van der Waals surface area contributed by atoms with Crippen LogP contribution in [0.5, 0.6) is 11.5 Å². The van der Waals surface area contributed by atoms with Crippen LogP contribution in [0.2, 0.25) is 0 Å². The van der Waals surface area contributed by atoms with Gasteiger partial charge in [-0.2, -0.15) is 0 Å². The van der Waals surface area contributed by atoms with Gasteiger partial charge in [-0.1, -0.05) is 72.2 Å². The van der Waals surface area contributed by atoms with Crippen molar-refractivity contribution >= 4 is 0 Å². The summed E-state index contributed by atoms with van der Waals surface area (Å²) >= 11 is 0. The van der Waals surface area contributed by atoms with E-state index < -0.39 is 0 Å². The number of phenolic OH excluding ortho intramolecular Hbond substituents is 2. The summed E-state index contributed by atoms with van der Waals surface area (Å²) in [5, 5.41) is 19.3. The third-order valence-corrected chi connectivity index (χ3v) is 7.52. The van der Waals surface area contributed by atoms with E-state index in [9.17, 15) is 10.2 Å². The van der Waals surface area contributed by atoms with Crippen LogP contribution >= 0.6 is 0 Å². The van der Waals surface area contributed by atoms with Gasteiger partial charge < -0.3 is 10.2 Å². The Morgan fingerprint density at radius 2 is 0.737 bits per heavy atom. The molecule has 3 aliphatic rings. The Morgan fingerprint density at radius 1 is 0.395 bits per heavy atom. The molecular weight excluding hydrogens is 464 g/mol. The van der Waals surface area contributed by atoms with E-state index in [1.807, 2.05) is 24.3 Å². The van der Waals surface area contributed by atoms with Crippen LogP contribution < -0.4 is 0 Å². The van der Waals surface area contributed by atoms with Crippen LogP contribution in [0.1, 0.15) is 67.5 Å². The second-order valence-corrected chi connectivity index (χ2v) is 9.71. The van der Waals surface area contributed by atoms with E-state index in [0.717, 1.165) is 22.3 Å². The number of hydrogen-bond acceptors (Lipinski definition) is 2. The molecule has 0 fully saturated rings. The second kappa shape index (κ2) is 8.74. The summed E-state index contributed by atoms with van der Waals surface area (Å²) in [4.78, 5) is 0. The van der Waals surface area contributed by atoms with Crippen molar-refractivity contribution in [2.75, 3.05) is 0 Å². The molecule has 2 nitrogen and oxygen atoms in total. The lowest BCUT2D eigenvalue weighted by Gasteiger charge is -2.43. The van der Waals surface area contributed by atoms with E-state index in [1.165, 1.54) is 33.4 Å². The normalized spacial score (nSPS) is 15.7. The molecule has 0 saturated carbocycles. The molecular formula is C36H22O2. The van der Waals surface area contributed by atoms with Crippen LogP contribution in [0.25, 0.3) is 0 Å². The summed E-state index contributed by atoms with van der Waals surface area (Å²) in [6, 6.07) is 35.7. The molecule has 0 heterocycles. The Labute approximate surface area is 221 Å². The van der Waals surface area contributed by atoms with Gasteiger partial charge in [0.05, 0.1) is 0 Å². The van der Waals surface area contributed by atoms with E-state index in [1.54, 1.807) is 24.3 Å². The molecule has 0 amide bonds. The van der Waals surface area contributed by atoms with Crippen LogP contribution in [0.15, 0.2) is 109 Å². The first-order valence-corrected chi connectivity index (χ1v) is 12.6. The van der Waals surface area contributed by atoms with Gasteiger partial charge in [0.25, 0.3) is 0 Å². The van der Waals surface area contributed by atoms with E-state index in [-0.39, 0.29) is 23.3 Å². The zero-order chi connectivity index (χ0) is 25.6. The van der Waals surface area contributed by atoms with Gasteiger partial charge in [-0.25, -0.2) is 0 Å². The lowest BCUT2D eigenvalue weighted by molar-refractivity contribution is 0.474. The fourth-order valence-corrected chi connectivity index (χ4v) is 5.88. The lowest BCUT2D eigenvalue weighted by atomic mass is 9.59. The van der Waals surface area contributed by atoms with Crippen LogP contribution in [-0.2, 0) is 0 Å². The van der Waals surface area contributed by atoms with Crippen molar-refractivity contribution < 1.29 is 10.2 Å². The summed E-state index contributed by atoms with van der Waals surface area (Å²) in [5.74, 6) is 14.2. The first kappa shape index (κ1) is 22.1. The maximum atomic E-state index is 9.66. The molecule has 0 radical (unpaired) electrons. The molecule has 8 rings (SSSR count). The molecule has 0 atom stereocenters. The van der Waals surface area contributed by atoms with Crippen molar-refractivity contribution in [3.8, 4) is 35.2 Å². The molecule has 0 saturated heterocycles. The highest BCUT2D eigenvalue weighted by Crippen LogP contribution is 2.57. The summed E-state index contributed by atoms with van der Waals surface area (Å²) in [6.07, 6.45) is 0.